The molecule has 2 aromatic carbocycles. The Morgan fingerprint density at radius 1 is 1.25 bits per heavy atom. The van der Waals surface area contributed by atoms with Crippen molar-refractivity contribution in [1.29, 1.82) is 0 Å². The first-order chi connectivity index (χ1) is 13.4. The van der Waals surface area contributed by atoms with Crippen LogP contribution >= 0.6 is 11.6 Å². The summed E-state index contributed by atoms with van der Waals surface area (Å²) in [4.78, 5) is 4.44. The summed E-state index contributed by atoms with van der Waals surface area (Å²) >= 11 is 6.11. The summed E-state index contributed by atoms with van der Waals surface area (Å²) in [6, 6.07) is 9.93. The molecule has 1 atom stereocenters. The van der Waals surface area contributed by atoms with Gasteiger partial charge in [0.15, 0.2) is 0 Å². The lowest BCUT2D eigenvalue weighted by Crippen LogP contribution is -2.30. The Bertz CT molecular complexity index is 1130. The maximum atomic E-state index is 13.4. The van der Waals surface area contributed by atoms with E-state index in [-0.39, 0.29) is 16.6 Å². The Labute approximate surface area is 167 Å². The highest BCUT2D eigenvalue weighted by Crippen LogP contribution is 2.37. The normalized spacial score (nSPS) is 17.9. The number of aryl methyl sites for hydroxylation is 1. The standard InChI is InChI=1S/C19H17ClFN3O3S/c1-12-7-8-15(11-16(12)20)28(25,26)24-9-3-6-17(24)19-22-18(23-27-19)13-4-2-5-14(21)10-13/h2,4-5,7-8,10-11,17H,3,6,9H2,1H3/t17-/m0/s1. The first-order valence-corrected chi connectivity index (χ1v) is 10.6. The van der Waals surface area contributed by atoms with Crippen molar-refractivity contribution in [3.8, 4) is 11.4 Å². The van der Waals surface area contributed by atoms with Gasteiger partial charge in [0.25, 0.3) is 0 Å². The van der Waals surface area contributed by atoms with Gasteiger partial charge in [-0.15, -0.1) is 0 Å². The van der Waals surface area contributed by atoms with Gasteiger partial charge in [0, 0.05) is 17.1 Å². The highest BCUT2D eigenvalue weighted by atomic mass is 35.5. The number of rotatable bonds is 4. The molecule has 1 saturated heterocycles. The predicted molar refractivity (Wildman–Crippen MR) is 102 cm³/mol. The monoisotopic (exact) mass is 421 g/mol. The number of hydrogen-bond acceptors (Lipinski definition) is 5. The molecule has 146 valence electrons. The fourth-order valence-electron chi connectivity index (χ4n) is 3.26. The molecule has 0 unspecified atom stereocenters. The predicted octanol–water partition coefficient (Wildman–Crippen LogP) is 4.36. The Morgan fingerprint density at radius 3 is 2.82 bits per heavy atom. The van der Waals surface area contributed by atoms with Gasteiger partial charge in [0.05, 0.1) is 4.90 Å². The second-order valence-electron chi connectivity index (χ2n) is 6.65. The zero-order valence-corrected chi connectivity index (χ0v) is 16.5. The molecule has 0 aliphatic carbocycles. The minimum absolute atomic E-state index is 0.125. The van der Waals surface area contributed by atoms with Crippen LogP contribution in [0.5, 0.6) is 0 Å². The second-order valence-corrected chi connectivity index (χ2v) is 8.95. The molecule has 9 heteroatoms. The topological polar surface area (TPSA) is 76.3 Å². The number of hydrogen-bond donors (Lipinski definition) is 0. The molecule has 0 spiro atoms. The van der Waals surface area contributed by atoms with Gasteiger partial charge in [-0.3, -0.25) is 0 Å². The fourth-order valence-corrected chi connectivity index (χ4v) is 5.18. The lowest BCUT2D eigenvalue weighted by atomic mass is 10.2. The van der Waals surface area contributed by atoms with Crippen molar-refractivity contribution in [2.45, 2.75) is 30.7 Å². The minimum atomic E-state index is -3.78. The van der Waals surface area contributed by atoms with E-state index in [9.17, 15) is 12.8 Å². The van der Waals surface area contributed by atoms with E-state index in [0.717, 1.165) is 5.56 Å². The first kappa shape index (κ1) is 19.0. The summed E-state index contributed by atoms with van der Waals surface area (Å²) in [5, 5.41) is 4.28. The highest BCUT2D eigenvalue weighted by molar-refractivity contribution is 7.89. The van der Waals surface area contributed by atoms with Crippen molar-refractivity contribution in [2.24, 2.45) is 0 Å². The molecule has 3 aromatic rings. The Kier molecular flexibility index (Phi) is 4.95. The van der Waals surface area contributed by atoms with E-state index in [1.54, 1.807) is 18.2 Å². The molecular weight excluding hydrogens is 405 g/mol. The van der Waals surface area contributed by atoms with Crippen LogP contribution in [0.3, 0.4) is 0 Å². The van der Waals surface area contributed by atoms with Crippen molar-refractivity contribution in [3.05, 3.63) is 64.8 Å². The van der Waals surface area contributed by atoms with E-state index in [2.05, 4.69) is 10.1 Å². The van der Waals surface area contributed by atoms with Crippen LogP contribution in [0.4, 0.5) is 4.39 Å². The third-order valence-corrected chi connectivity index (χ3v) is 7.07. The number of halogens is 2. The van der Waals surface area contributed by atoms with Gasteiger partial charge in [0.2, 0.25) is 21.7 Å². The second kappa shape index (κ2) is 7.27. The third kappa shape index (κ3) is 3.43. The number of nitrogens with zero attached hydrogens (tertiary/aromatic N) is 3. The summed E-state index contributed by atoms with van der Waals surface area (Å²) in [5.74, 6) is 0.000781. The average molecular weight is 422 g/mol. The zero-order chi connectivity index (χ0) is 19.9. The summed E-state index contributed by atoms with van der Waals surface area (Å²) in [7, 11) is -3.78. The van der Waals surface area contributed by atoms with Crippen molar-refractivity contribution >= 4 is 21.6 Å². The molecule has 28 heavy (non-hydrogen) atoms. The highest BCUT2D eigenvalue weighted by Gasteiger charge is 2.39. The minimum Gasteiger partial charge on any atom is -0.337 e. The van der Waals surface area contributed by atoms with Crippen LogP contribution in [0, 0.1) is 12.7 Å². The van der Waals surface area contributed by atoms with E-state index in [4.69, 9.17) is 16.1 Å². The van der Waals surface area contributed by atoms with E-state index >= 15 is 0 Å². The Balaban J connectivity index is 1.66. The van der Waals surface area contributed by atoms with Crippen LogP contribution in [-0.4, -0.2) is 29.4 Å². The van der Waals surface area contributed by atoms with Gasteiger partial charge in [-0.25, -0.2) is 12.8 Å². The summed E-state index contributed by atoms with van der Waals surface area (Å²) in [5.41, 5.74) is 1.27. The average Bonchev–Trinajstić information content (AvgIpc) is 3.33. The fraction of sp³-hybridized carbons (Fsp3) is 0.263. The van der Waals surface area contributed by atoms with Crippen LogP contribution in [0.25, 0.3) is 11.4 Å². The smallest absolute Gasteiger partial charge is 0.245 e. The Morgan fingerprint density at radius 2 is 2.07 bits per heavy atom. The number of aromatic nitrogens is 2. The molecule has 4 rings (SSSR count). The molecule has 2 heterocycles. The lowest BCUT2D eigenvalue weighted by molar-refractivity contribution is 0.290. The molecule has 1 aliphatic rings. The molecule has 0 bridgehead atoms. The van der Waals surface area contributed by atoms with Gasteiger partial charge in [-0.2, -0.15) is 9.29 Å². The quantitative estimate of drug-likeness (QED) is 0.625. The van der Waals surface area contributed by atoms with Gasteiger partial charge in [-0.1, -0.05) is 35.0 Å². The van der Waals surface area contributed by atoms with E-state index in [1.165, 1.54) is 28.6 Å². The van der Waals surface area contributed by atoms with Gasteiger partial charge >= 0.3 is 0 Å². The van der Waals surface area contributed by atoms with Crippen molar-refractivity contribution in [2.75, 3.05) is 6.54 Å². The largest absolute Gasteiger partial charge is 0.337 e. The van der Waals surface area contributed by atoms with Crippen LogP contribution in [0.1, 0.15) is 30.3 Å². The van der Waals surface area contributed by atoms with Crippen LogP contribution in [0.2, 0.25) is 5.02 Å². The molecule has 1 aliphatic heterocycles. The first-order valence-electron chi connectivity index (χ1n) is 8.74. The third-order valence-electron chi connectivity index (χ3n) is 4.76. The summed E-state index contributed by atoms with van der Waals surface area (Å²) in [6.45, 7) is 2.15. The lowest BCUT2D eigenvalue weighted by Gasteiger charge is -2.21. The van der Waals surface area contributed by atoms with Crippen LogP contribution in [-0.2, 0) is 10.0 Å². The van der Waals surface area contributed by atoms with E-state index in [0.29, 0.717) is 30.0 Å². The van der Waals surface area contributed by atoms with Gasteiger partial charge in [0.1, 0.15) is 11.9 Å². The van der Waals surface area contributed by atoms with Crippen molar-refractivity contribution in [1.82, 2.24) is 14.4 Å². The zero-order valence-electron chi connectivity index (χ0n) is 15.0. The van der Waals surface area contributed by atoms with Crippen LogP contribution in [0.15, 0.2) is 51.9 Å². The van der Waals surface area contributed by atoms with Crippen molar-refractivity contribution < 1.29 is 17.3 Å². The molecule has 0 amide bonds. The Hall–Kier alpha value is -2.29. The van der Waals surface area contributed by atoms with E-state index < -0.39 is 21.9 Å². The molecule has 0 N–H and O–H groups in total. The molecule has 6 nitrogen and oxygen atoms in total. The molecule has 0 saturated carbocycles. The maximum Gasteiger partial charge on any atom is 0.245 e. The maximum absolute atomic E-state index is 13.4. The number of benzene rings is 2. The molecule has 1 fully saturated rings. The SMILES string of the molecule is Cc1ccc(S(=O)(=O)N2CCC[C@H]2c2nc(-c3cccc(F)c3)no2)cc1Cl. The number of sulfonamides is 1. The molecular formula is C19H17ClFN3O3S. The summed E-state index contributed by atoms with van der Waals surface area (Å²) in [6.07, 6.45) is 1.23. The van der Waals surface area contributed by atoms with Gasteiger partial charge < -0.3 is 4.52 Å². The summed E-state index contributed by atoms with van der Waals surface area (Å²) < 4.78 is 46.4. The van der Waals surface area contributed by atoms with E-state index in [1.807, 2.05) is 6.92 Å². The van der Waals surface area contributed by atoms with Gasteiger partial charge in [-0.05, 0) is 49.6 Å². The van der Waals surface area contributed by atoms with Crippen molar-refractivity contribution in [3.63, 3.8) is 0 Å². The molecule has 1 aromatic heterocycles. The molecule has 0 radical (unpaired) electrons. The van der Waals surface area contributed by atoms with Crippen LogP contribution < -0.4 is 0 Å².